The average Bonchev–Trinajstić information content (AvgIpc) is 3.71. The van der Waals surface area contributed by atoms with E-state index in [0.29, 0.717) is 6.42 Å². The lowest BCUT2D eigenvalue weighted by atomic mass is 10.0. The molecule has 0 radical (unpaired) electrons. The van der Waals surface area contributed by atoms with E-state index in [1.165, 1.54) is 340 Å². The minimum absolute atomic E-state index is 0.0559. The van der Waals surface area contributed by atoms with Gasteiger partial charge in [-0.1, -0.05) is 391 Å². The summed E-state index contributed by atoms with van der Waals surface area (Å²) in [5, 5.41) is 0. The monoisotopic (exact) mass is 1260 g/mol. The van der Waals surface area contributed by atoms with Crippen molar-refractivity contribution in [1.29, 1.82) is 0 Å². The molecule has 0 saturated carbocycles. The highest BCUT2D eigenvalue weighted by Gasteiger charge is 2.26. The molecule has 0 spiro atoms. The molecule has 0 aliphatic heterocycles. The maximum absolute atomic E-state index is 12.8. The lowest BCUT2D eigenvalue weighted by molar-refractivity contribution is -0.161. The third-order valence-corrected chi connectivity index (χ3v) is 18.8. The van der Waals surface area contributed by atoms with Crippen LogP contribution in [0.5, 0.6) is 0 Å². The summed E-state index contributed by atoms with van der Waals surface area (Å²) in [5.74, 6) is -0.803. The second-order valence-corrected chi connectivity index (χ2v) is 28.0. The number of allylic oxidation sites excluding steroid dienone is 6. The van der Waals surface area contributed by atoms with Crippen LogP contribution in [0.4, 0.5) is 0 Å². The van der Waals surface area contributed by atoms with Crippen LogP contribution in [0.3, 0.4) is 0 Å². The number of unbranched alkanes of at least 4 members (excludes halogenated alkanes) is 56. The van der Waals surface area contributed by atoms with E-state index in [9.17, 15) is 19.0 Å². The van der Waals surface area contributed by atoms with E-state index in [2.05, 4.69) is 50.3 Å². The molecule has 88 heavy (non-hydrogen) atoms. The van der Waals surface area contributed by atoms with Crippen LogP contribution < -0.4 is 5.73 Å². The van der Waals surface area contributed by atoms with E-state index >= 15 is 0 Å². The lowest BCUT2D eigenvalue weighted by Gasteiger charge is -2.19. The Hall–Kier alpha value is -1.77. The van der Waals surface area contributed by atoms with Crippen molar-refractivity contribution in [3.63, 3.8) is 0 Å². The van der Waals surface area contributed by atoms with Crippen molar-refractivity contribution in [2.45, 2.75) is 424 Å². The molecule has 10 heteroatoms. The van der Waals surface area contributed by atoms with Gasteiger partial charge in [0.2, 0.25) is 0 Å². The van der Waals surface area contributed by atoms with Crippen molar-refractivity contribution in [1.82, 2.24) is 0 Å². The predicted octanol–water partition coefficient (Wildman–Crippen LogP) is 25.8. The fraction of sp³-hybridized carbons (Fsp3) is 0.897. The SMILES string of the molecule is CCCCCCC/C=C\C/C=C\C/C=C\CCCCCCCCCCCCCCCCCCC(=O)OC(COC(=O)CCCCCCCCCCCCCCCCCCCCCCCCCCCCCCCCCCCCCC)COP(=O)(O)OCCN. The molecule has 0 aliphatic carbocycles. The molecule has 0 aromatic carbocycles. The lowest BCUT2D eigenvalue weighted by Crippen LogP contribution is -2.29. The Morgan fingerprint density at radius 3 is 0.875 bits per heavy atom. The van der Waals surface area contributed by atoms with Crippen LogP contribution in [0, 0.1) is 0 Å². The third-order valence-electron chi connectivity index (χ3n) is 17.8. The van der Waals surface area contributed by atoms with Gasteiger partial charge in [0.25, 0.3) is 0 Å². The van der Waals surface area contributed by atoms with Gasteiger partial charge < -0.3 is 20.1 Å². The summed E-state index contributed by atoms with van der Waals surface area (Å²) in [4.78, 5) is 35.4. The molecule has 0 rings (SSSR count). The number of carbonyl (C=O) groups is 2. The second kappa shape index (κ2) is 74.3. The molecule has 0 saturated heterocycles. The van der Waals surface area contributed by atoms with Gasteiger partial charge in [0.05, 0.1) is 13.2 Å². The smallest absolute Gasteiger partial charge is 0.462 e. The van der Waals surface area contributed by atoms with Gasteiger partial charge in [0.15, 0.2) is 6.10 Å². The predicted molar refractivity (Wildman–Crippen MR) is 381 cm³/mol. The standard InChI is InChI=1S/C78H150NO8P/c1-3-5-7-9-11-13-15-17-19-21-23-25-27-29-31-33-35-36-37-38-39-41-42-44-46-48-50-52-54-56-58-60-62-64-66-68-70-77(80)84-74-76(75-86-88(82,83)85-73-72-79)87-78(81)71-69-67-65-63-61-59-57-55-53-51-49-47-45-43-40-34-32-30-28-26-24-22-20-18-16-14-12-10-8-6-4-2/h16,18,22,24,28,30,76H,3-15,17,19-21,23,25-27,29,31-75,79H2,1-2H3,(H,82,83)/b18-16-,24-22-,30-28-. The minimum atomic E-state index is -4.39. The maximum atomic E-state index is 12.8. The summed E-state index contributed by atoms with van der Waals surface area (Å²) in [6.07, 6.45) is 94.3. The van der Waals surface area contributed by atoms with Crippen LogP contribution in [-0.4, -0.2) is 49.3 Å². The zero-order valence-electron chi connectivity index (χ0n) is 58.7. The zero-order valence-corrected chi connectivity index (χ0v) is 59.6. The molecule has 2 atom stereocenters. The topological polar surface area (TPSA) is 134 Å². The molecule has 0 aromatic heterocycles. The zero-order chi connectivity index (χ0) is 63.7. The van der Waals surface area contributed by atoms with Gasteiger partial charge in [0, 0.05) is 19.4 Å². The van der Waals surface area contributed by atoms with Gasteiger partial charge in [-0.05, 0) is 51.4 Å². The Kier molecular flexibility index (Phi) is 72.8. The fourth-order valence-electron chi connectivity index (χ4n) is 12.0. The number of phosphoric acid groups is 1. The van der Waals surface area contributed by atoms with Crippen LogP contribution in [0.25, 0.3) is 0 Å². The number of hydrogen-bond donors (Lipinski definition) is 2. The largest absolute Gasteiger partial charge is 0.472 e. The third kappa shape index (κ3) is 73.3. The summed E-state index contributed by atoms with van der Waals surface area (Å²) in [6.45, 7) is 3.82. The molecule has 0 aliphatic rings. The average molecular weight is 1260 g/mol. The van der Waals surface area contributed by atoms with Gasteiger partial charge in [0.1, 0.15) is 6.61 Å². The normalized spacial score (nSPS) is 13.0. The highest BCUT2D eigenvalue weighted by atomic mass is 31.2. The number of carbonyl (C=O) groups excluding carboxylic acids is 2. The van der Waals surface area contributed by atoms with Gasteiger partial charge >= 0.3 is 19.8 Å². The molecule has 9 nitrogen and oxygen atoms in total. The van der Waals surface area contributed by atoms with E-state index in [0.717, 1.165) is 44.9 Å². The summed E-state index contributed by atoms with van der Waals surface area (Å²) in [7, 11) is -4.39. The molecule has 2 unspecified atom stereocenters. The molecule has 0 bridgehead atoms. The molecular formula is C78H150NO8P. The highest BCUT2D eigenvalue weighted by molar-refractivity contribution is 7.47. The first kappa shape index (κ1) is 86.2. The van der Waals surface area contributed by atoms with E-state index < -0.39 is 26.5 Å². The molecule has 0 aromatic rings. The van der Waals surface area contributed by atoms with Gasteiger partial charge in [-0.2, -0.15) is 0 Å². The van der Waals surface area contributed by atoms with E-state index in [-0.39, 0.29) is 38.6 Å². The Bertz CT molecular complexity index is 1540. The number of rotatable bonds is 75. The van der Waals surface area contributed by atoms with Crippen molar-refractivity contribution in [3.8, 4) is 0 Å². The molecular weight excluding hydrogens is 1110 g/mol. The molecule has 0 heterocycles. The molecule has 0 amide bonds. The number of hydrogen-bond acceptors (Lipinski definition) is 8. The number of nitrogens with two attached hydrogens (primary N) is 1. The fourth-order valence-corrected chi connectivity index (χ4v) is 12.8. The van der Waals surface area contributed by atoms with Crippen molar-refractivity contribution in [2.75, 3.05) is 26.4 Å². The first-order chi connectivity index (χ1) is 43.3. The molecule has 3 N–H and O–H groups in total. The maximum Gasteiger partial charge on any atom is 0.472 e. The first-order valence-corrected chi connectivity index (χ1v) is 40.5. The van der Waals surface area contributed by atoms with Crippen molar-refractivity contribution in [2.24, 2.45) is 5.73 Å². The minimum Gasteiger partial charge on any atom is -0.462 e. The summed E-state index contributed by atoms with van der Waals surface area (Å²) in [5.41, 5.74) is 5.41. The van der Waals surface area contributed by atoms with Crippen molar-refractivity contribution >= 4 is 19.8 Å². The number of esters is 2. The molecule has 0 fully saturated rings. The van der Waals surface area contributed by atoms with Gasteiger partial charge in [-0.15, -0.1) is 0 Å². The number of ether oxygens (including phenoxy) is 2. The van der Waals surface area contributed by atoms with Crippen molar-refractivity contribution < 1.29 is 37.6 Å². The summed E-state index contributed by atoms with van der Waals surface area (Å²) >= 11 is 0. The van der Waals surface area contributed by atoms with E-state index in [4.69, 9.17) is 24.3 Å². The van der Waals surface area contributed by atoms with Crippen LogP contribution >= 0.6 is 7.82 Å². The Morgan fingerprint density at radius 1 is 0.341 bits per heavy atom. The Morgan fingerprint density at radius 2 is 0.591 bits per heavy atom. The Labute approximate surface area is 547 Å². The quantitative estimate of drug-likeness (QED) is 0.0264. The van der Waals surface area contributed by atoms with Crippen LogP contribution in [-0.2, 0) is 32.7 Å². The molecule has 520 valence electrons. The number of phosphoric ester groups is 1. The highest BCUT2D eigenvalue weighted by Crippen LogP contribution is 2.43. The van der Waals surface area contributed by atoms with Gasteiger partial charge in [-0.25, -0.2) is 4.57 Å². The van der Waals surface area contributed by atoms with Crippen LogP contribution in [0.15, 0.2) is 36.5 Å². The summed E-state index contributed by atoms with van der Waals surface area (Å²) in [6, 6.07) is 0. The first-order valence-electron chi connectivity index (χ1n) is 39.0. The Balaban J connectivity index is 3.76. The second-order valence-electron chi connectivity index (χ2n) is 26.6. The van der Waals surface area contributed by atoms with Crippen LogP contribution in [0.2, 0.25) is 0 Å². The van der Waals surface area contributed by atoms with Crippen LogP contribution in [0.1, 0.15) is 418 Å². The van der Waals surface area contributed by atoms with Crippen molar-refractivity contribution in [3.05, 3.63) is 36.5 Å². The summed E-state index contributed by atoms with van der Waals surface area (Å²) < 4.78 is 33.3. The van der Waals surface area contributed by atoms with E-state index in [1.807, 2.05) is 0 Å². The van der Waals surface area contributed by atoms with E-state index in [1.54, 1.807) is 0 Å². The van der Waals surface area contributed by atoms with Gasteiger partial charge in [-0.3, -0.25) is 18.6 Å².